The minimum absolute atomic E-state index is 0.0340. The molecule has 0 amide bonds. The maximum atomic E-state index is 14.5. The molecule has 0 aliphatic heterocycles. The largest absolute Gasteiger partial charge is 0.488 e. The van der Waals surface area contributed by atoms with Crippen molar-refractivity contribution in [1.29, 1.82) is 0 Å². The molecule has 0 bridgehead atoms. The molecule has 1 fully saturated rings. The van der Waals surface area contributed by atoms with Gasteiger partial charge in [0.05, 0.1) is 16.5 Å². The number of rotatable bonds is 4. The summed E-state index contributed by atoms with van der Waals surface area (Å²) in [5.41, 5.74) is -1.59. The second-order valence-electron chi connectivity index (χ2n) is 8.99. The van der Waals surface area contributed by atoms with Gasteiger partial charge in [-0.2, -0.15) is 13.2 Å². The van der Waals surface area contributed by atoms with E-state index in [2.05, 4.69) is 0 Å². The van der Waals surface area contributed by atoms with Gasteiger partial charge in [-0.25, -0.2) is 9.18 Å². The van der Waals surface area contributed by atoms with Crippen molar-refractivity contribution < 1.29 is 31.8 Å². The summed E-state index contributed by atoms with van der Waals surface area (Å²) in [4.78, 5) is 12.1. The topological polar surface area (TPSA) is 35.5 Å². The maximum Gasteiger partial charge on any atom is 0.391 e. The molecule has 0 aromatic heterocycles. The summed E-state index contributed by atoms with van der Waals surface area (Å²) >= 11 is 6.18. The summed E-state index contributed by atoms with van der Waals surface area (Å²) in [7, 11) is 0. The Labute approximate surface area is 173 Å². The van der Waals surface area contributed by atoms with E-state index in [4.69, 9.17) is 21.1 Å². The second-order valence-corrected chi connectivity index (χ2v) is 9.40. The zero-order valence-corrected chi connectivity index (χ0v) is 18.0. The number of benzene rings is 1. The fourth-order valence-electron chi connectivity index (χ4n) is 3.45. The smallest absolute Gasteiger partial charge is 0.391 e. The normalized spacial score (nSPS) is 24.1. The van der Waals surface area contributed by atoms with Crippen molar-refractivity contribution >= 4 is 17.6 Å². The lowest BCUT2D eigenvalue weighted by atomic mass is 9.68. The first-order chi connectivity index (χ1) is 13.1. The van der Waals surface area contributed by atoms with Crippen LogP contribution < -0.4 is 4.74 Å². The van der Waals surface area contributed by atoms with Gasteiger partial charge in [0.25, 0.3) is 0 Å². The van der Waals surface area contributed by atoms with Crippen LogP contribution >= 0.6 is 11.6 Å². The van der Waals surface area contributed by atoms with Gasteiger partial charge in [-0.1, -0.05) is 18.5 Å². The van der Waals surface area contributed by atoms with Crippen LogP contribution in [0.1, 0.15) is 70.7 Å². The SMILES string of the molecule is CC(Oc1cc(F)c(C(=O)OC(C)(C)C)cc1Cl)C1(C)CCC(C(F)(F)F)CC1. The maximum absolute atomic E-state index is 14.5. The molecule has 0 N–H and O–H groups in total. The summed E-state index contributed by atoms with van der Waals surface area (Å²) in [5.74, 6) is -2.93. The predicted octanol–water partition coefficient (Wildman–Crippen LogP) is 6.96. The molecule has 0 spiro atoms. The lowest BCUT2D eigenvalue weighted by Gasteiger charge is -2.41. The third kappa shape index (κ3) is 6.00. The van der Waals surface area contributed by atoms with E-state index >= 15 is 0 Å². The Morgan fingerprint density at radius 1 is 1.21 bits per heavy atom. The Kier molecular flexibility index (Phi) is 6.82. The molecule has 0 heterocycles. The molecular formula is C21H27ClF4O3. The van der Waals surface area contributed by atoms with Crippen LogP contribution in [0.2, 0.25) is 5.02 Å². The number of esters is 1. The van der Waals surface area contributed by atoms with E-state index < -0.39 is 41.0 Å². The van der Waals surface area contributed by atoms with Gasteiger partial charge in [0.2, 0.25) is 0 Å². The van der Waals surface area contributed by atoms with E-state index in [9.17, 15) is 22.4 Å². The van der Waals surface area contributed by atoms with Crippen molar-refractivity contribution in [2.45, 2.75) is 78.2 Å². The molecule has 1 unspecified atom stereocenters. The highest BCUT2D eigenvalue weighted by Gasteiger charge is 2.46. The fourth-order valence-corrected chi connectivity index (χ4v) is 3.66. The first-order valence-electron chi connectivity index (χ1n) is 9.58. The lowest BCUT2D eigenvalue weighted by molar-refractivity contribution is -0.189. The molecule has 3 nitrogen and oxygen atoms in total. The van der Waals surface area contributed by atoms with E-state index in [1.807, 2.05) is 6.92 Å². The van der Waals surface area contributed by atoms with Crippen molar-refractivity contribution in [2.75, 3.05) is 0 Å². The highest BCUT2D eigenvalue weighted by Crippen LogP contribution is 2.47. The van der Waals surface area contributed by atoms with Crippen molar-refractivity contribution in [3.05, 3.63) is 28.5 Å². The minimum atomic E-state index is -4.19. The Hall–Kier alpha value is -1.50. The van der Waals surface area contributed by atoms with Crippen molar-refractivity contribution in [3.8, 4) is 5.75 Å². The quantitative estimate of drug-likeness (QED) is 0.376. The molecule has 1 aromatic carbocycles. The number of carbonyl (C=O) groups is 1. The van der Waals surface area contributed by atoms with E-state index in [0.717, 1.165) is 12.1 Å². The minimum Gasteiger partial charge on any atom is -0.488 e. The molecule has 8 heteroatoms. The Morgan fingerprint density at radius 3 is 2.24 bits per heavy atom. The third-order valence-electron chi connectivity index (χ3n) is 5.52. The molecule has 29 heavy (non-hydrogen) atoms. The van der Waals surface area contributed by atoms with Crippen LogP contribution in [0.3, 0.4) is 0 Å². The van der Waals surface area contributed by atoms with Crippen LogP contribution in [0.5, 0.6) is 5.75 Å². The molecule has 164 valence electrons. The van der Waals surface area contributed by atoms with Crippen LogP contribution in [0.25, 0.3) is 0 Å². The van der Waals surface area contributed by atoms with Gasteiger partial charge < -0.3 is 9.47 Å². The highest BCUT2D eigenvalue weighted by molar-refractivity contribution is 6.32. The standard InChI is InChI=1S/C21H27ClF4O3/c1-12(20(5)8-6-13(7-9-20)21(24,25)26)28-17-11-16(23)14(10-15(17)22)18(27)29-19(2,3)4/h10-13H,6-9H2,1-5H3. The van der Waals surface area contributed by atoms with Gasteiger partial charge >= 0.3 is 12.1 Å². The van der Waals surface area contributed by atoms with E-state index in [-0.39, 0.29) is 29.2 Å². The Bertz CT molecular complexity index is 748. The van der Waals surface area contributed by atoms with Gasteiger partial charge in [0.15, 0.2) is 0 Å². The zero-order chi connectivity index (χ0) is 22.2. The lowest BCUT2D eigenvalue weighted by Crippen LogP contribution is -2.40. The number of hydrogen-bond donors (Lipinski definition) is 0. The first kappa shape index (κ1) is 23.8. The summed E-state index contributed by atoms with van der Waals surface area (Å²) in [6.45, 7) is 8.60. The molecule has 1 aromatic rings. The van der Waals surface area contributed by atoms with E-state index in [1.54, 1.807) is 27.7 Å². The monoisotopic (exact) mass is 438 g/mol. The molecule has 1 saturated carbocycles. The summed E-state index contributed by atoms with van der Waals surface area (Å²) in [5, 5.41) is 0.0340. The average molecular weight is 439 g/mol. The second kappa shape index (κ2) is 8.32. The Balaban J connectivity index is 2.12. The predicted molar refractivity (Wildman–Crippen MR) is 103 cm³/mol. The van der Waals surface area contributed by atoms with Gasteiger partial charge in [-0.3, -0.25) is 0 Å². The van der Waals surface area contributed by atoms with Crippen LogP contribution in [0.15, 0.2) is 12.1 Å². The van der Waals surface area contributed by atoms with Gasteiger partial charge in [-0.15, -0.1) is 0 Å². The average Bonchev–Trinajstić information content (AvgIpc) is 2.55. The van der Waals surface area contributed by atoms with Crippen LogP contribution in [0, 0.1) is 17.2 Å². The van der Waals surface area contributed by atoms with Crippen LogP contribution in [-0.4, -0.2) is 23.9 Å². The first-order valence-corrected chi connectivity index (χ1v) is 9.96. The molecule has 1 atom stereocenters. The van der Waals surface area contributed by atoms with Gasteiger partial charge in [-0.05, 0) is 59.4 Å². The Morgan fingerprint density at radius 2 is 1.76 bits per heavy atom. The van der Waals surface area contributed by atoms with E-state index in [1.165, 1.54) is 0 Å². The number of hydrogen-bond acceptors (Lipinski definition) is 3. The number of ether oxygens (including phenoxy) is 2. The van der Waals surface area contributed by atoms with Crippen LogP contribution in [0.4, 0.5) is 17.6 Å². The van der Waals surface area contributed by atoms with E-state index in [0.29, 0.717) is 12.8 Å². The summed E-state index contributed by atoms with van der Waals surface area (Å²) in [6, 6.07) is 2.17. The summed E-state index contributed by atoms with van der Waals surface area (Å²) < 4.78 is 64.2. The number of halogens is 5. The molecule has 0 saturated heterocycles. The molecule has 1 aliphatic carbocycles. The van der Waals surface area contributed by atoms with Gasteiger partial charge in [0, 0.05) is 11.5 Å². The van der Waals surface area contributed by atoms with Crippen LogP contribution in [-0.2, 0) is 4.74 Å². The molecule has 0 radical (unpaired) electrons. The molecular weight excluding hydrogens is 412 g/mol. The summed E-state index contributed by atoms with van der Waals surface area (Å²) in [6.07, 6.45) is -3.92. The van der Waals surface area contributed by atoms with Crippen molar-refractivity contribution in [2.24, 2.45) is 11.3 Å². The van der Waals surface area contributed by atoms with Crippen molar-refractivity contribution in [3.63, 3.8) is 0 Å². The molecule has 1 aliphatic rings. The van der Waals surface area contributed by atoms with Gasteiger partial charge in [0.1, 0.15) is 23.3 Å². The highest BCUT2D eigenvalue weighted by atomic mass is 35.5. The number of alkyl halides is 3. The fraction of sp³-hybridized carbons (Fsp3) is 0.667. The number of carbonyl (C=O) groups excluding carboxylic acids is 1. The molecule has 2 rings (SSSR count). The van der Waals surface area contributed by atoms with Crippen molar-refractivity contribution in [1.82, 2.24) is 0 Å². The third-order valence-corrected chi connectivity index (χ3v) is 5.81. The zero-order valence-electron chi connectivity index (χ0n) is 17.3.